The van der Waals surface area contributed by atoms with E-state index in [9.17, 15) is 19.8 Å². The molecule has 2 heterocycles. The van der Waals surface area contributed by atoms with Crippen molar-refractivity contribution >= 4 is 11.8 Å². The normalized spacial score (nSPS) is 28.1. The molecule has 1 saturated heterocycles. The van der Waals surface area contributed by atoms with Crippen LogP contribution in [0.25, 0.3) is 0 Å². The van der Waals surface area contributed by atoms with Crippen LogP contribution in [-0.2, 0) is 14.3 Å². The van der Waals surface area contributed by atoms with E-state index in [0.29, 0.717) is 0 Å². The minimum absolute atomic E-state index is 0.147. The van der Waals surface area contributed by atoms with E-state index in [-0.39, 0.29) is 11.7 Å². The van der Waals surface area contributed by atoms with E-state index in [1.165, 1.54) is 12.3 Å². The van der Waals surface area contributed by atoms with Crippen LogP contribution in [0.1, 0.15) is 20.1 Å². The Balaban J connectivity index is 2.21. The van der Waals surface area contributed by atoms with E-state index >= 15 is 0 Å². The van der Waals surface area contributed by atoms with Gasteiger partial charge in [-0.1, -0.05) is 13.8 Å². The maximum Gasteiger partial charge on any atom is 0.499 e. The lowest BCUT2D eigenvalue weighted by Gasteiger charge is -2.22. The Bertz CT molecular complexity index is 648. The number of hydrogen-bond acceptors (Lipinski definition) is 8. The van der Waals surface area contributed by atoms with Crippen molar-refractivity contribution in [3.63, 3.8) is 0 Å². The number of aromatic amines is 1. The highest BCUT2D eigenvalue weighted by atomic mass is 16.6. The van der Waals surface area contributed by atoms with Gasteiger partial charge in [-0.3, -0.25) is 4.79 Å². The van der Waals surface area contributed by atoms with Gasteiger partial charge in [0.15, 0.2) is 18.0 Å². The largest absolute Gasteiger partial charge is 0.499 e. The monoisotopic (exact) mass is 343 g/mol. The number of nitrogens with zero attached hydrogens (tertiary/aromatic N) is 1. The first kappa shape index (κ1) is 18.3. The highest BCUT2D eigenvalue weighted by Crippen LogP contribution is 2.27. The topological polar surface area (TPSA) is 165 Å². The zero-order valence-electron chi connectivity index (χ0n) is 13.5. The molecule has 0 spiro atoms. The van der Waals surface area contributed by atoms with Crippen LogP contribution in [0.4, 0.5) is 5.82 Å². The van der Waals surface area contributed by atoms with Crippen LogP contribution < -0.4 is 21.7 Å². The highest BCUT2D eigenvalue weighted by Gasteiger charge is 2.50. The van der Waals surface area contributed by atoms with Crippen LogP contribution in [0.3, 0.4) is 0 Å². The predicted molar refractivity (Wildman–Crippen MR) is 81.4 cm³/mol. The minimum atomic E-state index is -1.36. The second-order valence-corrected chi connectivity index (χ2v) is 6.02. The van der Waals surface area contributed by atoms with Crippen LogP contribution in [0.2, 0.25) is 0 Å². The van der Waals surface area contributed by atoms with E-state index in [2.05, 4.69) is 4.98 Å². The molecule has 0 saturated carbocycles. The van der Waals surface area contributed by atoms with Crippen molar-refractivity contribution in [2.24, 2.45) is 11.7 Å². The average Bonchev–Trinajstić information content (AvgIpc) is 2.83. The van der Waals surface area contributed by atoms with Gasteiger partial charge >= 0.3 is 11.7 Å². The first-order valence-electron chi connectivity index (χ1n) is 7.56. The van der Waals surface area contributed by atoms with Crippen LogP contribution in [-0.4, -0.2) is 52.1 Å². The SMILES string of the molecule is CC(C)C(N)C(=O)O[C@@H]1C(O)[C@H]([n+]2ccc(N)[nH]c2=O)O[C@@H]1CO. The first-order valence-corrected chi connectivity index (χ1v) is 7.56. The standard InChI is InChI=1S/C14H22N4O6/c1-6(2)9(16)13(21)24-11-7(5-19)23-12(10(11)20)18-4-3-8(15)17-14(18)22/h3-4,6-7,9-12,19-20H,5,16H2,1-2H3,(H2,15,17,22)/p+1/t7-,9?,10?,11+,12-/m1/s1. The molecule has 1 fully saturated rings. The number of nitrogens with two attached hydrogens (primary N) is 2. The molecule has 0 radical (unpaired) electrons. The fourth-order valence-corrected chi connectivity index (χ4v) is 2.39. The van der Waals surface area contributed by atoms with E-state index < -0.39 is 48.8 Å². The molecule has 7 N–H and O–H groups in total. The van der Waals surface area contributed by atoms with Crippen LogP contribution >= 0.6 is 0 Å². The number of aromatic nitrogens is 2. The lowest BCUT2D eigenvalue weighted by molar-refractivity contribution is -0.779. The number of carbonyl (C=O) groups is 1. The molecule has 24 heavy (non-hydrogen) atoms. The molecule has 0 aliphatic carbocycles. The Labute approximate surface area is 138 Å². The van der Waals surface area contributed by atoms with Gasteiger partial charge in [0.2, 0.25) is 6.23 Å². The number of nitrogen functional groups attached to an aromatic ring is 1. The van der Waals surface area contributed by atoms with Crippen molar-refractivity contribution < 1.29 is 29.0 Å². The van der Waals surface area contributed by atoms with Crippen molar-refractivity contribution in [3.8, 4) is 0 Å². The molecular weight excluding hydrogens is 320 g/mol. The van der Waals surface area contributed by atoms with Gasteiger partial charge in [0.1, 0.15) is 18.3 Å². The summed E-state index contributed by atoms with van der Waals surface area (Å²) in [7, 11) is 0. The molecule has 2 rings (SSSR count). The second kappa shape index (κ2) is 7.26. The Hall–Kier alpha value is -2.01. The van der Waals surface area contributed by atoms with Gasteiger partial charge in [-0.05, 0) is 5.92 Å². The number of carbonyl (C=O) groups excluding carboxylic acids is 1. The molecule has 0 aromatic carbocycles. The summed E-state index contributed by atoms with van der Waals surface area (Å²) in [5.74, 6) is -0.726. The summed E-state index contributed by atoms with van der Waals surface area (Å²) < 4.78 is 11.8. The maximum atomic E-state index is 12.0. The fraction of sp³-hybridized carbons (Fsp3) is 0.643. The summed E-state index contributed by atoms with van der Waals surface area (Å²) in [5.41, 5.74) is 10.6. The minimum Gasteiger partial charge on any atom is -0.455 e. The van der Waals surface area contributed by atoms with Gasteiger partial charge in [-0.15, -0.1) is 0 Å². The van der Waals surface area contributed by atoms with E-state index in [4.69, 9.17) is 20.9 Å². The Morgan fingerprint density at radius 1 is 1.54 bits per heavy atom. The van der Waals surface area contributed by atoms with Crippen molar-refractivity contribution in [3.05, 3.63) is 22.7 Å². The van der Waals surface area contributed by atoms with Gasteiger partial charge in [0.05, 0.1) is 6.61 Å². The molecule has 10 nitrogen and oxygen atoms in total. The summed E-state index contributed by atoms with van der Waals surface area (Å²) >= 11 is 0. The molecular formula is C14H23N4O6+. The van der Waals surface area contributed by atoms with Crippen LogP contribution in [0, 0.1) is 5.92 Å². The molecule has 1 aliphatic heterocycles. The number of anilines is 1. The molecule has 0 bridgehead atoms. The third-order valence-corrected chi connectivity index (χ3v) is 3.91. The number of rotatable bonds is 5. The van der Waals surface area contributed by atoms with E-state index in [0.717, 1.165) is 4.57 Å². The van der Waals surface area contributed by atoms with E-state index in [1.807, 2.05) is 0 Å². The quantitative estimate of drug-likeness (QED) is 0.286. The lowest BCUT2D eigenvalue weighted by Crippen LogP contribution is -2.58. The van der Waals surface area contributed by atoms with Gasteiger partial charge in [-0.25, -0.2) is 0 Å². The Morgan fingerprint density at radius 2 is 2.21 bits per heavy atom. The zero-order chi connectivity index (χ0) is 18.0. The van der Waals surface area contributed by atoms with Crippen LogP contribution in [0.15, 0.2) is 17.1 Å². The third kappa shape index (κ3) is 3.56. The number of aliphatic hydroxyl groups excluding tert-OH is 2. The first-order chi connectivity index (χ1) is 11.3. The van der Waals surface area contributed by atoms with Gasteiger partial charge in [-0.2, -0.15) is 14.3 Å². The molecule has 0 amide bonds. The number of H-pyrrole nitrogens is 1. The highest BCUT2D eigenvalue weighted by molar-refractivity contribution is 5.76. The van der Waals surface area contributed by atoms with Crippen molar-refractivity contribution in [1.29, 1.82) is 0 Å². The molecule has 5 atom stereocenters. The molecule has 1 aromatic rings. The van der Waals surface area contributed by atoms with Crippen LogP contribution in [0.5, 0.6) is 0 Å². The van der Waals surface area contributed by atoms with Crippen molar-refractivity contribution in [1.82, 2.24) is 4.98 Å². The third-order valence-electron chi connectivity index (χ3n) is 3.91. The number of hydrogen-bond donors (Lipinski definition) is 5. The van der Waals surface area contributed by atoms with Gasteiger partial charge < -0.3 is 31.2 Å². The Morgan fingerprint density at radius 3 is 2.75 bits per heavy atom. The Kier molecular flexibility index (Phi) is 5.54. The summed E-state index contributed by atoms with van der Waals surface area (Å²) in [4.78, 5) is 26.3. The summed E-state index contributed by atoms with van der Waals surface area (Å²) in [6.07, 6.45) is -3.31. The smallest absolute Gasteiger partial charge is 0.455 e. The molecule has 1 aromatic heterocycles. The second-order valence-electron chi connectivity index (χ2n) is 6.02. The van der Waals surface area contributed by atoms with Crippen molar-refractivity contribution in [2.75, 3.05) is 12.3 Å². The fourth-order valence-electron chi connectivity index (χ4n) is 2.39. The summed E-state index contributed by atoms with van der Waals surface area (Å²) in [6.45, 7) is 3.00. The van der Waals surface area contributed by atoms with Gasteiger partial charge in [0.25, 0.3) is 0 Å². The average molecular weight is 343 g/mol. The molecule has 134 valence electrons. The molecule has 10 heteroatoms. The molecule has 1 aliphatic rings. The number of nitrogens with one attached hydrogen (secondary N) is 1. The summed E-state index contributed by atoms with van der Waals surface area (Å²) in [6, 6.07) is 0.544. The van der Waals surface area contributed by atoms with Crippen molar-refractivity contribution in [2.45, 2.75) is 44.4 Å². The number of aliphatic hydroxyl groups is 2. The molecule has 2 unspecified atom stereocenters. The van der Waals surface area contributed by atoms with Gasteiger partial charge in [0, 0.05) is 6.07 Å². The number of ether oxygens (including phenoxy) is 2. The maximum absolute atomic E-state index is 12.0. The summed E-state index contributed by atoms with van der Waals surface area (Å²) in [5, 5.41) is 19.8. The number of esters is 1. The van der Waals surface area contributed by atoms with E-state index in [1.54, 1.807) is 13.8 Å². The zero-order valence-corrected chi connectivity index (χ0v) is 13.5. The lowest BCUT2D eigenvalue weighted by atomic mass is 10.1. The predicted octanol–water partition coefficient (Wildman–Crippen LogP) is -2.61.